The van der Waals surface area contributed by atoms with E-state index in [9.17, 15) is 0 Å². The number of hydrogen-bond acceptors (Lipinski definition) is 3. The quantitative estimate of drug-likeness (QED) is 0.294. The molecule has 1 saturated carbocycles. The van der Waals surface area contributed by atoms with Gasteiger partial charge in [-0.1, -0.05) is 5.16 Å². The van der Waals surface area contributed by atoms with E-state index in [0.717, 1.165) is 19.4 Å². The molecule has 0 radical (unpaired) electrons. The Morgan fingerprint density at radius 3 is 2.62 bits per heavy atom. The number of hydrogen-bond donors (Lipinski definition) is 2. The van der Waals surface area contributed by atoms with E-state index < -0.39 is 0 Å². The van der Waals surface area contributed by atoms with Gasteiger partial charge in [-0.05, 0) is 26.7 Å². The predicted molar refractivity (Wildman–Crippen MR) is 50.8 cm³/mol. The number of nitrogens with two attached hydrogens (primary N) is 1. The second kappa shape index (κ2) is 3.96. The third-order valence-corrected chi connectivity index (χ3v) is 2.36. The van der Waals surface area contributed by atoms with E-state index in [1.807, 2.05) is 13.8 Å². The molecule has 0 aliphatic heterocycles. The minimum atomic E-state index is 0.167. The molecule has 1 rings (SSSR count). The van der Waals surface area contributed by atoms with E-state index in [4.69, 9.17) is 15.7 Å². The molecule has 0 unspecified atom stereocenters. The van der Waals surface area contributed by atoms with Crippen molar-refractivity contribution in [2.75, 3.05) is 6.61 Å². The molecule has 0 bridgehead atoms. The van der Waals surface area contributed by atoms with Crippen molar-refractivity contribution in [2.24, 2.45) is 16.3 Å². The molecule has 13 heavy (non-hydrogen) atoms. The van der Waals surface area contributed by atoms with E-state index in [0.29, 0.717) is 12.3 Å². The molecule has 0 amide bonds. The Morgan fingerprint density at radius 2 is 2.23 bits per heavy atom. The van der Waals surface area contributed by atoms with Crippen LogP contribution in [0.25, 0.3) is 0 Å². The highest BCUT2D eigenvalue weighted by atomic mass is 16.5. The zero-order valence-corrected chi connectivity index (χ0v) is 8.29. The van der Waals surface area contributed by atoms with Crippen LogP contribution in [0.5, 0.6) is 0 Å². The molecule has 0 heterocycles. The first-order valence-corrected chi connectivity index (χ1v) is 4.66. The summed E-state index contributed by atoms with van der Waals surface area (Å²) >= 11 is 0. The molecule has 1 aliphatic carbocycles. The number of amidine groups is 1. The Balaban J connectivity index is 2.31. The van der Waals surface area contributed by atoms with Gasteiger partial charge in [0.1, 0.15) is 5.84 Å². The Morgan fingerprint density at radius 1 is 1.62 bits per heavy atom. The van der Waals surface area contributed by atoms with E-state index in [-0.39, 0.29) is 11.5 Å². The highest BCUT2D eigenvalue weighted by molar-refractivity contribution is 5.80. The van der Waals surface area contributed by atoms with Gasteiger partial charge in [-0.25, -0.2) is 0 Å². The highest BCUT2D eigenvalue weighted by Gasteiger charge is 2.43. The van der Waals surface area contributed by atoms with Crippen LogP contribution in [0.2, 0.25) is 0 Å². The van der Waals surface area contributed by atoms with Crippen molar-refractivity contribution in [3.63, 3.8) is 0 Å². The third kappa shape index (κ3) is 3.22. The lowest BCUT2D eigenvalue weighted by Crippen LogP contribution is -2.22. The van der Waals surface area contributed by atoms with Crippen molar-refractivity contribution < 1.29 is 9.94 Å². The first-order chi connectivity index (χ1) is 6.08. The fourth-order valence-corrected chi connectivity index (χ4v) is 1.31. The molecular formula is C9H18N2O2. The average Bonchev–Trinajstić information content (AvgIpc) is 2.82. The Labute approximate surface area is 78.7 Å². The molecule has 76 valence electrons. The zero-order valence-electron chi connectivity index (χ0n) is 8.29. The van der Waals surface area contributed by atoms with Crippen LogP contribution in [0.1, 0.15) is 33.1 Å². The minimum absolute atomic E-state index is 0.167. The van der Waals surface area contributed by atoms with Gasteiger partial charge in [-0.2, -0.15) is 0 Å². The standard InChI is InChI=1S/C9H18N2O2/c1-7(2)13-6-9(3-4-9)5-8(10)11-12/h7,12H,3-6H2,1-2H3,(H2,10,11). The number of ether oxygens (including phenoxy) is 1. The predicted octanol–water partition coefficient (Wildman–Crippen LogP) is 1.33. The van der Waals surface area contributed by atoms with Gasteiger partial charge in [-0.3, -0.25) is 0 Å². The van der Waals surface area contributed by atoms with Crippen molar-refractivity contribution in [1.29, 1.82) is 0 Å². The third-order valence-electron chi connectivity index (χ3n) is 2.36. The smallest absolute Gasteiger partial charge is 0.139 e. The molecule has 0 saturated heterocycles. The van der Waals surface area contributed by atoms with Crippen LogP contribution in [0.3, 0.4) is 0 Å². The summed E-state index contributed by atoms with van der Waals surface area (Å²) in [6.07, 6.45) is 3.15. The molecule has 0 aromatic heterocycles. The molecule has 1 fully saturated rings. The monoisotopic (exact) mass is 186 g/mol. The number of rotatable bonds is 5. The SMILES string of the molecule is CC(C)OCC1(CC(N)=NO)CC1. The van der Waals surface area contributed by atoms with Gasteiger partial charge < -0.3 is 15.7 Å². The van der Waals surface area contributed by atoms with Crippen LogP contribution >= 0.6 is 0 Å². The van der Waals surface area contributed by atoms with Gasteiger partial charge >= 0.3 is 0 Å². The first kappa shape index (κ1) is 10.3. The summed E-state index contributed by atoms with van der Waals surface area (Å²) in [5.41, 5.74) is 5.62. The molecule has 0 aromatic carbocycles. The van der Waals surface area contributed by atoms with Gasteiger partial charge in [-0.15, -0.1) is 0 Å². The van der Waals surface area contributed by atoms with Gasteiger partial charge in [0.2, 0.25) is 0 Å². The Hall–Kier alpha value is -0.770. The summed E-state index contributed by atoms with van der Waals surface area (Å²) in [4.78, 5) is 0. The summed E-state index contributed by atoms with van der Waals surface area (Å²) < 4.78 is 5.52. The summed E-state index contributed by atoms with van der Waals surface area (Å²) in [6, 6.07) is 0. The minimum Gasteiger partial charge on any atom is -0.409 e. The molecule has 4 heteroatoms. The van der Waals surface area contributed by atoms with E-state index >= 15 is 0 Å². The highest BCUT2D eigenvalue weighted by Crippen LogP contribution is 2.49. The summed E-state index contributed by atoms with van der Waals surface area (Å²) in [6.45, 7) is 4.75. The summed E-state index contributed by atoms with van der Waals surface area (Å²) in [7, 11) is 0. The molecule has 1 aliphatic rings. The van der Waals surface area contributed by atoms with E-state index in [1.54, 1.807) is 0 Å². The maximum absolute atomic E-state index is 8.43. The Bertz CT molecular complexity index is 198. The van der Waals surface area contributed by atoms with Gasteiger partial charge in [0, 0.05) is 11.8 Å². The lowest BCUT2D eigenvalue weighted by molar-refractivity contribution is 0.0451. The normalized spacial score (nSPS) is 20.7. The molecule has 4 nitrogen and oxygen atoms in total. The molecular weight excluding hydrogens is 168 g/mol. The fraction of sp³-hybridized carbons (Fsp3) is 0.889. The zero-order chi connectivity index (χ0) is 9.90. The second-order valence-corrected chi connectivity index (χ2v) is 4.13. The largest absolute Gasteiger partial charge is 0.409 e. The first-order valence-electron chi connectivity index (χ1n) is 4.66. The van der Waals surface area contributed by atoms with Crippen LogP contribution in [-0.2, 0) is 4.74 Å². The van der Waals surface area contributed by atoms with Crippen LogP contribution in [0.15, 0.2) is 5.16 Å². The summed E-state index contributed by atoms with van der Waals surface area (Å²) in [5.74, 6) is 0.310. The number of nitrogens with zero attached hydrogens (tertiary/aromatic N) is 1. The Kier molecular flexibility index (Phi) is 3.14. The van der Waals surface area contributed by atoms with Gasteiger partial charge in [0.15, 0.2) is 0 Å². The maximum Gasteiger partial charge on any atom is 0.139 e. The fourth-order valence-electron chi connectivity index (χ4n) is 1.31. The molecule has 0 spiro atoms. The van der Waals surface area contributed by atoms with E-state index in [2.05, 4.69) is 5.16 Å². The lowest BCUT2D eigenvalue weighted by Gasteiger charge is -2.16. The van der Waals surface area contributed by atoms with Crippen LogP contribution in [0.4, 0.5) is 0 Å². The van der Waals surface area contributed by atoms with Crippen LogP contribution in [0, 0.1) is 5.41 Å². The lowest BCUT2D eigenvalue weighted by atomic mass is 10.0. The second-order valence-electron chi connectivity index (χ2n) is 4.13. The van der Waals surface area contributed by atoms with Gasteiger partial charge in [0.05, 0.1) is 12.7 Å². The van der Waals surface area contributed by atoms with Crippen LogP contribution < -0.4 is 5.73 Å². The average molecular weight is 186 g/mol. The molecule has 3 N–H and O–H groups in total. The van der Waals surface area contributed by atoms with Gasteiger partial charge in [0.25, 0.3) is 0 Å². The molecule has 0 aromatic rings. The summed E-state index contributed by atoms with van der Waals surface area (Å²) in [5, 5.41) is 11.4. The van der Waals surface area contributed by atoms with Crippen molar-refractivity contribution in [2.45, 2.75) is 39.2 Å². The maximum atomic E-state index is 8.43. The molecule has 0 atom stereocenters. The van der Waals surface area contributed by atoms with Crippen molar-refractivity contribution in [3.05, 3.63) is 0 Å². The van der Waals surface area contributed by atoms with Crippen molar-refractivity contribution in [1.82, 2.24) is 0 Å². The topological polar surface area (TPSA) is 67.8 Å². The van der Waals surface area contributed by atoms with Crippen molar-refractivity contribution >= 4 is 5.84 Å². The van der Waals surface area contributed by atoms with Crippen molar-refractivity contribution in [3.8, 4) is 0 Å². The van der Waals surface area contributed by atoms with Crippen LogP contribution in [-0.4, -0.2) is 23.8 Å². The van der Waals surface area contributed by atoms with E-state index in [1.165, 1.54) is 0 Å². The number of oxime groups is 1.